The predicted molar refractivity (Wildman–Crippen MR) is 214 cm³/mol. The molecular weight excluding hydrogens is 633 g/mol. The highest BCUT2D eigenvalue weighted by Crippen LogP contribution is 2.37. The number of rotatable bonds is 12. The summed E-state index contributed by atoms with van der Waals surface area (Å²) in [5, 5.41) is 0. The molecule has 0 heterocycles. The molecule has 6 aromatic carbocycles. The molecule has 0 N–H and O–H groups in total. The fraction of sp³-hybridized carbons (Fsp3) is 0.240. The molecular formula is C50H48O2. The number of benzene rings is 6. The molecule has 2 heteroatoms. The fourth-order valence-corrected chi connectivity index (χ4v) is 8.14. The Morgan fingerprint density at radius 1 is 0.269 bits per heavy atom. The van der Waals surface area contributed by atoms with Crippen molar-refractivity contribution >= 4 is 11.6 Å². The first-order chi connectivity index (χ1) is 25.3. The maximum atomic E-state index is 15.3. The van der Waals surface area contributed by atoms with E-state index >= 15 is 9.59 Å². The van der Waals surface area contributed by atoms with Crippen molar-refractivity contribution in [3.05, 3.63) is 210 Å². The highest BCUT2D eigenvalue weighted by atomic mass is 16.1. The van der Waals surface area contributed by atoms with Crippen LogP contribution in [0.4, 0.5) is 0 Å². The van der Waals surface area contributed by atoms with Crippen molar-refractivity contribution in [3.8, 4) is 0 Å². The minimum absolute atomic E-state index is 0.0136. The number of hydrogen-bond acceptors (Lipinski definition) is 2. The van der Waals surface area contributed by atoms with Gasteiger partial charge in [0.05, 0.1) is 0 Å². The topological polar surface area (TPSA) is 34.1 Å². The zero-order valence-electron chi connectivity index (χ0n) is 31.0. The van der Waals surface area contributed by atoms with Gasteiger partial charge in [0.2, 0.25) is 0 Å². The van der Waals surface area contributed by atoms with Crippen LogP contribution in [0.15, 0.2) is 121 Å². The van der Waals surface area contributed by atoms with Gasteiger partial charge in [0.15, 0.2) is 11.6 Å². The monoisotopic (exact) mass is 680 g/mol. The molecule has 7 rings (SSSR count). The molecule has 0 unspecified atom stereocenters. The largest absolute Gasteiger partial charge is 0.289 e. The third kappa shape index (κ3) is 7.21. The van der Waals surface area contributed by atoms with Gasteiger partial charge in [0.25, 0.3) is 0 Å². The summed E-state index contributed by atoms with van der Waals surface area (Å²) in [5.41, 5.74) is 16.5. The molecule has 0 amide bonds. The van der Waals surface area contributed by atoms with Crippen LogP contribution in [-0.2, 0) is 51.4 Å². The third-order valence-electron chi connectivity index (χ3n) is 11.4. The summed E-state index contributed by atoms with van der Waals surface area (Å²) in [7, 11) is 0. The van der Waals surface area contributed by atoms with Crippen molar-refractivity contribution in [2.45, 2.75) is 79.1 Å². The highest BCUT2D eigenvalue weighted by molar-refractivity contribution is 6.30. The van der Waals surface area contributed by atoms with Crippen molar-refractivity contribution in [1.82, 2.24) is 0 Å². The molecule has 0 fully saturated rings. The fourth-order valence-electron chi connectivity index (χ4n) is 8.14. The number of carbonyl (C=O) groups excluding carboxylic acids is 2. The number of aryl methyl sites for hydroxylation is 12. The van der Waals surface area contributed by atoms with E-state index in [1.165, 1.54) is 44.5 Å². The Morgan fingerprint density at radius 3 is 0.673 bits per heavy atom. The van der Waals surface area contributed by atoms with Gasteiger partial charge in [-0.15, -0.1) is 0 Å². The molecule has 0 spiro atoms. The first-order valence-corrected chi connectivity index (χ1v) is 18.9. The average molecular weight is 681 g/mol. The van der Waals surface area contributed by atoms with E-state index in [0.717, 1.165) is 47.9 Å². The number of carbonyl (C=O) groups is 2. The van der Waals surface area contributed by atoms with Gasteiger partial charge in [-0.1, -0.05) is 121 Å². The van der Waals surface area contributed by atoms with Crippen LogP contribution in [0.1, 0.15) is 98.6 Å². The molecule has 0 bridgehead atoms. The Hall–Kier alpha value is -5.34. The van der Waals surface area contributed by atoms with Crippen LogP contribution in [0.2, 0.25) is 0 Å². The van der Waals surface area contributed by atoms with E-state index in [1.54, 1.807) is 0 Å². The maximum absolute atomic E-state index is 15.3. The summed E-state index contributed by atoms with van der Waals surface area (Å²) >= 11 is 0. The lowest BCUT2D eigenvalue weighted by Gasteiger charge is -2.27. The van der Waals surface area contributed by atoms with Gasteiger partial charge < -0.3 is 0 Å². The van der Waals surface area contributed by atoms with Crippen molar-refractivity contribution < 1.29 is 9.59 Å². The molecule has 1 aliphatic rings. The van der Waals surface area contributed by atoms with Crippen LogP contribution >= 0.6 is 0 Å². The summed E-state index contributed by atoms with van der Waals surface area (Å²) in [4.78, 5) is 30.5. The van der Waals surface area contributed by atoms with E-state index < -0.39 is 0 Å². The summed E-state index contributed by atoms with van der Waals surface area (Å²) in [6.07, 6.45) is 6.05. The molecule has 0 atom stereocenters. The zero-order valence-corrected chi connectivity index (χ0v) is 31.0. The lowest BCUT2D eigenvalue weighted by atomic mass is 9.74. The Kier molecular flexibility index (Phi) is 10.5. The molecule has 260 valence electrons. The number of fused-ring (bicyclic) bond motifs is 2. The Labute approximate surface area is 309 Å². The van der Waals surface area contributed by atoms with Gasteiger partial charge in [0, 0.05) is 22.3 Å². The Balaban J connectivity index is 1.34. The first-order valence-electron chi connectivity index (χ1n) is 18.9. The van der Waals surface area contributed by atoms with Gasteiger partial charge in [-0.2, -0.15) is 0 Å². The molecule has 6 aromatic rings. The lowest BCUT2D eigenvalue weighted by Crippen LogP contribution is -2.28. The SMILES string of the molecule is Cc1ccccc1CCc1ccc(CCc2ccccc2C)c2c1C(=O)c1c(CCc3ccccc3C)ccc(CCc3ccccc3C)c1C2=O. The van der Waals surface area contributed by atoms with E-state index in [4.69, 9.17) is 0 Å². The standard InChI is InChI=1S/C50H48O2/c1-33-13-5-9-17-37(33)21-25-41-29-30-42(26-22-38-18-10-6-14-34(38)2)46-45(41)49(51)47-43(27-23-39-19-11-7-15-35(39)3)31-32-44(48(47)50(46)52)28-24-40-20-12-8-16-36(40)4/h5-20,29-32H,21-28H2,1-4H3. The minimum Gasteiger partial charge on any atom is -0.289 e. The second-order valence-electron chi connectivity index (χ2n) is 14.6. The van der Waals surface area contributed by atoms with E-state index in [-0.39, 0.29) is 11.6 Å². The van der Waals surface area contributed by atoms with E-state index in [2.05, 4.69) is 149 Å². The van der Waals surface area contributed by atoms with Crippen LogP contribution in [-0.4, -0.2) is 11.6 Å². The zero-order chi connectivity index (χ0) is 36.2. The molecule has 0 aromatic heterocycles. The quantitative estimate of drug-likeness (QED) is 0.129. The van der Waals surface area contributed by atoms with Crippen LogP contribution in [0.25, 0.3) is 0 Å². The van der Waals surface area contributed by atoms with Gasteiger partial charge >= 0.3 is 0 Å². The van der Waals surface area contributed by atoms with Crippen LogP contribution in [0, 0.1) is 27.7 Å². The number of hydrogen-bond donors (Lipinski definition) is 0. The summed E-state index contributed by atoms with van der Waals surface area (Å²) in [6.45, 7) is 8.57. The highest BCUT2D eigenvalue weighted by Gasteiger charge is 2.36. The first kappa shape index (κ1) is 35.1. The third-order valence-corrected chi connectivity index (χ3v) is 11.4. The Morgan fingerprint density at radius 2 is 0.462 bits per heavy atom. The van der Waals surface area contributed by atoms with Crippen LogP contribution in [0.5, 0.6) is 0 Å². The van der Waals surface area contributed by atoms with E-state index in [0.29, 0.717) is 47.9 Å². The van der Waals surface area contributed by atoms with Crippen LogP contribution < -0.4 is 0 Å². The van der Waals surface area contributed by atoms with Crippen molar-refractivity contribution in [3.63, 3.8) is 0 Å². The van der Waals surface area contributed by atoms with E-state index in [9.17, 15) is 0 Å². The molecule has 0 saturated carbocycles. The second-order valence-corrected chi connectivity index (χ2v) is 14.6. The average Bonchev–Trinajstić information content (AvgIpc) is 3.15. The molecule has 0 saturated heterocycles. The normalized spacial score (nSPS) is 12.2. The molecule has 2 nitrogen and oxygen atoms in total. The van der Waals surface area contributed by atoms with E-state index in [1.807, 2.05) is 0 Å². The second kappa shape index (κ2) is 15.5. The predicted octanol–water partition coefficient (Wildman–Crippen LogP) is 10.8. The maximum Gasteiger partial charge on any atom is 0.195 e. The van der Waals surface area contributed by atoms with Gasteiger partial charge in [0.1, 0.15) is 0 Å². The van der Waals surface area contributed by atoms with Crippen molar-refractivity contribution in [2.75, 3.05) is 0 Å². The van der Waals surface area contributed by atoms with Crippen LogP contribution in [0.3, 0.4) is 0 Å². The molecule has 0 radical (unpaired) electrons. The van der Waals surface area contributed by atoms with Crippen molar-refractivity contribution in [1.29, 1.82) is 0 Å². The van der Waals surface area contributed by atoms with Gasteiger partial charge in [-0.3, -0.25) is 9.59 Å². The minimum atomic E-state index is 0.0136. The molecule has 0 aliphatic heterocycles. The molecule has 52 heavy (non-hydrogen) atoms. The van der Waals surface area contributed by atoms with Gasteiger partial charge in [-0.05, 0) is 146 Å². The summed E-state index contributed by atoms with van der Waals surface area (Å²) in [6, 6.07) is 42.4. The lowest BCUT2D eigenvalue weighted by molar-refractivity contribution is 0.0976. The smallest absolute Gasteiger partial charge is 0.195 e. The summed E-state index contributed by atoms with van der Waals surface area (Å²) < 4.78 is 0. The van der Waals surface area contributed by atoms with Gasteiger partial charge in [-0.25, -0.2) is 0 Å². The number of ketones is 2. The van der Waals surface area contributed by atoms with Crippen molar-refractivity contribution in [2.24, 2.45) is 0 Å². The molecule has 1 aliphatic carbocycles. The Bertz CT molecular complexity index is 1970. The summed E-state index contributed by atoms with van der Waals surface area (Å²) in [5.74, 6) is 0.0271.